The van der Waals surface area contributed by atoms with E-state index in [-0.39, 0.29) is 17.3 Å². The molecule has 3 fully saturated rings. The summed E-state index contributed by atoms with van der Waals surface area (Å²) < 4.78 is 19.3. The highest BCUT2D eigenvalue weighted by Gasteiger charge is 2.51. The van der Waals surface area contributed by atoms with E-state index in [2.05, 4.69) is 19.8 Å². The molecule has 1 amide bonds. The second kappa shape index (κ2) is 8.89. The van der Waals surface area contributed by atoms with Crippen LogP contribution in [0, 0.1) is 18.2 Å². The summed E-state index contributed by atoms with van der Waals surface area (Å²) in [4.78, 5) is 27.3. The molecule has 0 radical (unpaired) electrons. The number of piperazine rings is 1. The van der Waals surface area contributed by atoms with E-state index in [0.717, 1.165) is 68.3 Å². The van der Waals surface area contributed by atoms with Crippen LogP contribution in [-0.4, -0.2) is 77.8 Å². The van der Waals surface area contributed by atoms with Gasteiger partial charge >= 0.3 is 6.09 Å². The number of carbonyl (C=O) groups excluding carboxylic acids is 1. The van der Waals surface area contributed by atoms with E-state index in [0.29, 0.717) is 12.6 Å². The summed E-state index contributed by atoms with van der Waals surface area (Å²) in [6, 6.07) is 6.10. The van der Waals surface area contributed by atoms with Gasteiger partial charge in [-0.3, -0.25) is 14.9 Å². The van der Waals surface area contributed by atoms with Crippen molar-refractivity contribution in [3.05, 3.63) is 42.1 Å². The number of likely N-dealkylation sites (tertiary alicyclic amines) is 1. The highest BCUT2D eigenvalue weighted by molar-refractivity contribution is 5.75. The van der Waals surface area contributed by atoms with Gasteiger partial charge in [0.1, 0.15) is 5.82 Å². The van der Waals surface area contributed by atoms with Crippen LogP contribution in [0.3, 0.4) is 0 Å². The summed E-state index contributed by atoms with van der Waals surface area (Å²) in [6.07, 6.45) is 6.39. The minimum atomic E-state index is -0.309. The van der Waals surface area contributed by atoms with Crippen molar-refractivity contribution in [2.24, 2.45) is 5.41 Å². The van der Waals surface area contributed by atoms with Gasteiger partial charge in [-0.2, -0.15) is 0 Å². The third kappa shape index (κ3) is 4.40. The second-order valence-corrected chi connectivity index (χ2v) is 9.68. The molecule has 5 rings (SSSR count). The van der Waals surface area contributed by atoms with Crippen LogP contribution in [0.1, 0.15) is 31.9 Å². The van der Waals surface area contributed by atoms with Crippen molar-refractivity contribution in [2.75, 3.05) is 50.8 Å². The SMILES string of the molecule is CCOC(=O)N1CC2(CC[C@@H](N3CCN(c4cc(F)cnc4-c4ccnc(C)c4)CC3)C2)C1. The minimum Gasteiger partial charge on any atom is -0.450 e. The molecule has 2 aromatic rings. The Morgan fingerprint density at radius 1 is 1.21 bits per heavy atom. The van der Waals surface area contributed by atoms with Crippen molar-refractivity contribution >= 4 is 11.8 Å². The molecule has 1 saturated carbocycles. The summed E-state index contributed by atoms with van der Waals surface area (Å²) in [5.41, 5.74) is 3.82. The van der Waals surface area contributed by atoms with E-state index in [1.807, 2.05) is 30.9 Å². The molecule has 4 heterocycles. The Bertz CT molecular complexity index is 1020. The molecule has 2 aromatic heterocycles. The van der Waals surface area contributed by atoms with Gasteiger partial charge in [0, 0.05) is 74.2 Å². The molecule has 2 saturated heterocycles. The van der Waals surface area contributed by atoms with Crippen molar-refractivity contribution < 1.29 is 13.9 Å². The first kappa shape index (κ1) is 22.1. The fraction of sp³-hybridized carbons (Fsp3) is 0.560. The molecule has 0 bridgehead atoms. The number of nitrogens with zero attached hydrogens (tertiary/aromatic N) is 5. The molecular formula is C25H32FN5O2. The van der Waals surface area contributed by atoms with Crippen LogP contribution >= 0.6 is 0 Å². The predicted molar refractivity (Wildman–Crippen MR) is 125 cm³/mol. The van der Waals surface area contributed by atoms with E-state index in [1.54, 1.807) is 12.3 Å². The van der Waals surface area contributed by atoms with Gasteiger partial charge in [-0.05, 0) is 45.2 Å². The monoisotopic (exact) mass is 453 g/mol. The number of ether oxygens (including phenoxy) is 1. The maximum atomic E-state index is 14.1. The molecule has 0 unspecified atom stereocenters. The summed E-state index contributed by atoms with van der Waals surface area (Å²) in [5, 5.41) is 0. The zero-order chi connectivity index (χ0) is 23.0. The summed E-state index contributed by atoms with van der Waals surface area (Å²) in [5.74, 6) is -0.309. The lowest BCUT2D eigenvalue weighted by Crippen LogP contribution is -2.58. The smallest absolute Gasteiger partial charge is 0.409 e. The lowest BCUT2D eigenvalue weighted by Gasteiger charge is -2.48. The third-order valence-electron chi connectivity index (χ3n) is 7.43. The number of aryl methyl sites for hydroxylation is 1. The first-order valence-electron chi connectivity index (χ1n) is 12.0. The fourth-order valence-corrected chi connectivity index (χ4v) is 5.80. The second-order valence-electron chi connectivity index (χ2n) is 9.68. The number of hydrogen-bond acceptors (Lipinski definition) is 6. The minimum absolute atomic E-state index is 0.177. The fourth-order valence-electron chi connectivity index (χ4n) is 5.80. The normalized spacial score (nSPS) is 22.5. The Hall–Kier alpha value is -2.74. The highest BCUT2D eigenvalue weighted by atomic mass is 19.1. The maximum Gasteiger partial charge on any atom is 0.409 e. The number of halogens is 1. The van der Waals surface area contributed by atoms with Crippen LogP contribution in [0.25, 0.3) is 11.3 Å². The summed E-state index contributed by atoms with van der Waals surface area (Å²) in [6.45, 7) is 9.48. The van der Waals surface area contributed by atoms with Gasteiger partial charge < -0.3 is 14.5 Å². The molecule has 1 spiro atoms. The molecule has 0 N–H and O–H groups in total. The van der Waals surface area contributed by atoms with Crippen molar-refractivity contribution in [2.45, 2.75) is 39.2 Å². The van der Waals surface area contributed by atoms with Gasteiger partial charge in [-0.1, -0.05) is 0 Å². The molecule has 33 heavy (non-hydrogen) atoms. The number of anilines is 1. The van der Waals surface area contributed by atoms with Gasteiger partial charge in [0.2, 0.25) is 0 Å². The van der Waals surface area contributed by atoms with Gasteiger partial charge in [-0.25, -0.2) is 9.18 Å². The van der Waals surface area contributed by atoms with Gasteiger partial charge in [0.15, 0.2) is 0 Å². The molecule has 176 valence electrons. The predicted octanol–water partition coefficient (Wildman–Crippen LogP) is 3.72. The molecule has 8 heteroatoms. The van der Waals surface area contributed by atoms with Crippen LogP contribution in [0.5, 0.6) is 0 Å². The Morgan fingerprint density at radius 2 is 2.00 bits per heavy atom. The Morgan fingerprint density at radius 3 is 2.73 bits per heavy atom. The van der Waals surface area contributed by atoms with Crippen molar-refractivity contribution in [1.29, 1.82) is 0 Å². The standard InChI is InChI=1S/C25H32FN5O2/c1-3-33-24(32)31-16-25(17-31)6-4-21(14-25)29-8-10-30(11-9-29)22-13-20(26)15-28-23(22)19-5-7-27-18(2)12-19/h5,7,12-13,15,21H,3-4,6,8-11,14,16-17H2,1-2H3/t21-/m1/s1. The van der Waals surface area contributed by atoms with E-state index in [1.165, 1.54) is 19.0 Å². The van der Waals surface area contributed by atoms with Crippen LogP contribution < -0.4 is 4.90 Å². The van der Waals surface area contributed by atoms with E-state index < -0.39 is 0 Å². The summed E-state index contributed by atoms with van der Waals surface area (Å²) in [7, 11) is 0. The molecule has 0 aromatic carbocycles. The topological polar surface area (TPSA) is 61.8 Å². The Kier molecular flexibility index (Phi) is 5.95. The Balaban J connectivity index is 1.21. The number of amides is 1. The van der Waals surface area contributed by atoms with Gasteiger partial charge in [-0.15, -0.1) is 0 Å². The zero-order valence-electron chi connectivity index (χ0n) is 19.5. The van der Waals surface area contributed by atoms with E-state index in [4.69, 9.17) is 4.74 Å². The largest absolute Gasteiger partial charge is 0.450 e. The molecule has 1 aliphatic carbocycles. The van der Waals surface area contributed by atoms with Gasteiger partial charge in [0.25, 0.3) is 0 Å². The quantitative estimate of drug-likeness (QED) is 0.703. The number of rotatable bonds is 4. The van der Waals surface area contributed by atoms with Crippen LogP contribution in [-0.2, 0) is 4.74 Å². The van der Waals surface area contributed by atoms with E-state index in [9.17, 15) is 9.18 Å². The lowest BCUT2D eigenvalue weighted by atomic mass is 9.78. The number of carbonyl (C=O) groups is 1. The maximum absolute atomic E-state index is 14.1. The van der Waals surface area contributed by atoms with Crippen LogP contribution in [0.4, 0.5) is 14.9 Å². The molecule has 3 aliphatic rings. The van der Waals surface area contributed by atoms with Crippen LogP contribution in [0.15, 0.2) is 30.6 Å². The molecule has 1 atom stereocenters. The highest BCUT2D eigenvalue weighted by Crippen LogP contribution is 2.47. The first-order valence-corrected chi connectivity index (χ1v) is 12.0. The van der Waals surface area contributed by atoms with E-state index >= 15 is 0 Å². The average molecular weight is 454 g/mol. The first-order chi connectivity index (χ1) is 16.0. The molecule has 2 aliphatic heterocycles. The number of aromatic nitrogens is 2. The molecule has 7 nitrogen and oxygen atoms in total. The Labute approximate surface area is 194 Å². The van der Waals surface area contributed by atoms with Gasteiger partial charge in [0.05, 0.1) is 24.2 Å². The number of pyridine rings is 2. The third-order valence-corrected chi connectivity index (χ3v) is 7.43. The average Bonchev–Trinajstić information content (AvgIpc) is 3.24. The zero-order valence-corrected chi connectivity index (χ0v) is 19.5. The summed E-state index contributed by atoms with van der Waals surface area (Å²) >= 11 is 0. The lowest BCUT2D eigenvalue weighted by molar-refractivity contribution is -0.00294. The molecular weight excluding hydrogens is 421 g/mol. The van der Waals surface area contributed by atoms with Crippen molar-refractivity contribution in [3.63, 3.8) is 0 Å². The van der Waals surface area contributed by atoms with Crippen LogP contribution in [0.2, 0.25) is 0 Å². The van der Waals surface area contributed by atoms with Crippen molar-refractivity contribution in [1.82, 2.24) is 19.8 Å². The van der Waals surface area contributed by atoms with Crippen molar-refractivity contribution in [3.8, 4) is 11.3 Å². The number of hydrogen-bond donors (Lipinski definition) is 0.